The van der Waals surface area contributed by atoms with Gasteiger partial charge in [0, 0.05) is 16.3 Å². The molecule has 0 aliphatic carbocycles. The number of halogens is 2. The predicted molar refractivity (Wildman–Crippen MR) is 81.9 cm³/mol. The highest BCUT2D eigenvalue weighted by Gasteiger charge is 2.19. The topological polar surface area (TPSA) is 46.2 Å². The van der Waals surface area contributed by atoms with Gasteiger partial charge in [-0.05, 0) is 46.8 Å². The van der Waals surface area contributed by atoms with Crippen LogP contribution in [0.15, 0.2) is 27.6 Å². The maximum Gasteiger partial charge on any atom is 0.240 e. The lowest BCUT2D eigenvalue weighted by Crippen LogP contribution is -2.36. The molecule has 7 heteroatoms. The number of rotatable bonds is 6. The average molecular weight is 373 g/mol. The van der Waals surface area contributed by atoms with Crippen molar-refractivity contribution >= 4 is 49.3 Å². The minimum Gasteiger partial charge on any atom is -0.207 e. The molecule has 1 atom stereocenters. The molecule has 102 valence electrons. The van der Waals surface area contributed by atoms with Gasteiger partial charge in [-0.25, -0.2) is 13.1 Å². The number of benzene rings is 1. The summed E-state index contributed by atoms with van der Waals surface area (Å²) in [7, 11) is -3.49. The molecule has 0 spiro atoms. The zero-order valence-electron chi connectivity index (χ0n) is 10.1. The Kier molecular flexibility index (Phi) is 6.47. The normalized spacial score (nSPS) is 13.6. The smallest absolute Gasteiger partial charge is 0.207 e. The van der Waals surface area contributed by atoms with Gasteiger partial charge in [0.25, 0.3) is 0 Å². The van der Waals surface area contributed by atoms with E-state index in [2.05, 4.69) is 20.7 Å². The maximum absolute atomic E-state index is 12.2. The molecule has 1 rings (SSSR count). The number of thioether (sulfide) groups is 1. The fraction of sp³-hybridized carbons (Fsp3) is 0.455. The Labute approximate surface area is 126 Å². The zero-order chi connectivity index (χ0) is 13.8. The summed E-state index contributed by atoms with van der Waals surface area (Å²) in [6.45, 7) is 1.96. The van der Waals surface area contributed by atoms with E-state index >= 15 is 0 Å². The van der Waals surface area contributed by atoms with Crippen molar-refractivity contribution < 1.29 is 8.42 Å². The van der Waals surface area contributed by atoms with Crippen LogP contribution in [-0.2, 0) is 10.0 Å². The summed E-state index contributed by atoms with van der Waals surface area (Å²) in [5.74, 6) is 0.754. The molecule has 0 aliphatic rings. The molecular weight excluding hydrogens is 358 g/mol. The van der Waals surface area contributed by atoms with E-state index in [9.17, 15) is 8.42 Å². The quantitative estimate of drug-likeness (QED) is 0.831. The van der Waals surface area contributed by atoms with Gasteiger partial charge in [0.1, 0.15) is 0 Å². The number of hydrogen-bond donors (Lipinski definition) is 1. The predicted octanol–water partition coefficient (Wildman–Crippen LogP) is 3.52. The highest BCUT2D eigenvalue weighted by Crippen LogP contribution is 2.25. The summed E-state index contributed by atoms with van der Waals surface area (Å²) >= 11 is 10.7. The Morgan fingerprint density at radius 3 is 2.67 bits per heavy atom. The van der Waals surface area contributed by atoms with Crippen molar-refractivity contribution in [1.82, 2.24) is 4.72 Å². The van der Waals surface area contributed by atoms with E-state index in [0.29, 0.717) is 9.50 Å². The van der Waals surface area contributed by atoms with Gasteiger partial charge < -0.3 is 0 Å². The van der Waals surface area contributed by atoms with Crippen LogP contribution in [0.2, 0.25) is 5.02 Å². The zero-order valence-corrected chi connectivity index (χ0v) is 14.1. The number of nitrogens with one attached hydrogen (secondary N) is 1. The molecule has 1 aromatic rings. The Morgan fingerprint density at radius 1 is 1.50 bits per heavy atom. The summed E-state index contributed by atoms with van der Waals surface area (Å²) in [5, 5.41) is 0.491. The second kappa shape index (κ2) is 7.14. The molecule has 0 heterocycles. The molecule has 18 heavy (non-hydrogen) atoms. The highest BCUT2D eigenvalue weighted by atomic mass is 79.9. The Morgan fingerprint density at radius 2 is 2.17 bits per heavy atom. The minimum absolute atomic E-state index is 0.0561. The molecule has 3 nitrogen and oxygen atoms in total. The molecule has 1 N–H and O–H groups in total. The van der Waals surface area contributed by atoms with Crippen LogP contribution < -0.4 is 4.72 Å². The van der Waals surface area contributed by atoms with Crippen LogP contribution in [0.25, 0.3) is 0 Å². The molecule has 1 aromatic carbocycles. The van der Waals surface area contributed by atoms with E-state index in [1.54, 1.807) is 17.8 Å². The molecule has 0 saturated carbocycles. The SMILES string of the molecule is CCC(CSC)NS(=O)(=O)c1ccc(Cl)c(Br)c1. The largest absolute Gasteiger partial charge is 0.240 e. The van der Waals surface area contributed by atoms with Crippen molar-refractivity contribution in [2.75, 3.05) is 12.0 Å². The minimum atomic E-state index is -3.49. The van der Waals surface area contributed by atoms with Gasteiger partial charge in [-0.2, -0.15) is 11.8 Å². The van der Waals surface area contributed by atoms with Gasteiger partial charge in [0.05, 0.1) is 9.92 Å². The summed E-state index contributed by atoms with van der Waals surface area (Å²) in [6, 6.07) is 4.52. The Balaban J connectivity index is 2.95. The van der Waals surface area contributed by atoms with E-state index in [1.165, 1.54) is 12.1 Å². The first-order valence-corrected chi connectivity index (χ1v) is 9.41. The maximum atomic E-state index is 12.2. The lowest BCUT2D eigenvalue weighted by molar-refractivity contribution is 0.558. The third-order valence-corrected chi connectivity index (χ3v) is 5.85. The van der Waals surface area contributed by atoms with E-state index in [-0.39, 0.29) is 10.9 Å². The van der Waals surface area contributed by atoms with Crippen molar-refractivity contribution in [2.45, 2.75) is 24.3 Å². The lowest BCUT2D eigenvalue weighted by Gasteiger charge is -2.16. The van der Waals surface area contributed by atoms with Crippen LogP contribution in [0, 0.1) is 0 Å². The molecule has 0 radical (unpaired) electrons. The van der Waals surface area contributed by atoms with Crippen LogP contribution in [0.4, 0.5) is 0 Å². The monoisotopic (exact) mass is 371 g/mol. The fourth-order valence-corrected chi connectivity index (χ4v) is 4.19. The first-order chi connectivity index (χ1) is 8.40. The highest BCUT2D eigenvalue weighted by molar-refractivity contribution is 9.10. The molecule has 0 bridgehead atoms. The van der Waals surface area contributed by atoms with Crippen LogP contribution in [0.5, 0.6) is 0 Å². The summed E-state index contributed by atoms with van der Waals surface area (Å²) in [6.07, 6.45) is 2.71. The molecule has 0 amide bonds. The first kappa shape index (κ1) is 16.3. The summed E-state index contributed by atoms with van der Waals surface area (Å²) in [4.78, 5) is 0.221. The van der Waals surface area contributed by atoms with Gasteiger partial charge in [-0.1, -0.05) is 18.5 Å². The third kappa shape index (κ3) is 4.42. The van der Waals surface area contributed by atoms with Gasteiger partial charge >= 0.3 is 0 Å². The van der Waals surface area contributed by atoms with E-state index in [1.807, 2.05) is 13.2 Å². The molecule has 0 fully saturated rings. The standard InChI is InChI=1S/C11H15BrClNO2S2/c1-3-8(7-17-2)14-18(15,16)9-4-5-11(13)10(12)6-9/h4-6,8,14H,3,7H2,1-2H3. The molecule has 0 saturated heterocycles. The van der Waals surface area contributed by atoms with Gasteiger partial charge in [-0.3, -0.25) is 0 Å². The van der Waals surface area contributed by atoms with Crippen LogP contribution >= 0.6 is 39.3 Å². The van der Waals surface area contributed by atoms with Gasteiger partial charge in [-0.15, -0.1) is 0 Å². The first-order valence-electron chi connectivity index (χ1n) is 5.37. The summed E-state index contributed by atoms with van der Waals surface area (Å²) < 4.78 is 27.6. The van der Waals surface area contributed by atoms with Crippen molar-refractivity contribution in [2.24, 2.45) is 0 Å². The second-order valence-corrected chi connectivity index (χ2v) is 7.64. The second-order valence-electron chi connectivity index (χ2n) is 3.76. The molecule has 0 aromatic heterocycles. The van der Waals surface area contributed by atoms with E-state index in [0.717, 1.165) is 12.2 Å². The van der Waals surface area contributed by atoms with Crippen LogP contribution in [0.1, 0.15) is 13.3 Å². The average Bonchev–Trinajstić information content (AvgIpc) is 2.31. The molecular formula is C11H15BrClNO2S2. The number of hydrogen-bond acceptors (Lipinski definition) is 3. The van der Waals surface area contributed by atoms with Crippen molar-refractivity contribution in [1.29, 1.82) is 0 Å². The van der Waals surface area contributed by atoms with Crippen molar-refractivity contribution in [3.8, 4) is 0 Å². The van der Waals surface area contributed by atoms with Crippen molar-refractivity contribution in [3.63, 3.8) is 0 Å². The Bertz CT molecular complexity index is 508. The molecule has 1 unspecified atom stereocenters. The Hall–Kier alpha value is 0.250. The van der Waals surface area contributed by atoms with Gasteiger partial charge in [0.15, 0.2) is 0 Å². The molecule has 0 aliphatic heterocycles. The van der Waals surface area contributed by atoms with Crippen molar-refractivity contribution in [3.05, 3.63) is 27.7 Å². The van der Waals surface area contributed by atoms with Gasteiger partial charge in [0.2, 0.25) is 10.0 Å². The van der Waals surface area contributed by atoms with E-state index in [4.69, 9.17) is 11.6 Å². The number of sulfonamides is 1. The third-order valence-electron chi connectivity index (χ3n) is 2.38. The summed E-state index contributed by atoms with van der Waals surface area (Å²) in [5.41, 5.74) is 0. The lowest BCUT2D eigenvalue weighted by atomic mass is 10.3. The van der Waals surface area contributed by atoms with E-state index < -0.39 is 10.0 Å². The van der Waals surface area contributed by atoms with Crippen LogP contribution in [-0.4, -0.2) is 26.5 Å². The fourth-order valence-electron chi connectivity index (χ4n) is 1.37. The van der Waals surface area contributed by atoms with Crippen LogP contribution in [0.3, 0.4) is 0 Å².